The molecule has 1 heterocycles. The van der Waals surface area contributed by atoms with Crippen molar-refractivity contribution in [2.45, 2.75) is 11.3 Å². The third-order valence-corrected chi connectivity index (χ3v) is 6.64. The lowest BCUT2D eigenvalue weighted by Crippen LogP contribution is -2.18. The molecule has 1 aromatic heterocycles. The molecule has 11 heteroatoms. The van der Waals surface area contributed by atoms with E-state index in [2.05, 4.69) is 52.4 Å². The van der Waals surface area contributed by atoms with Crippen LogP contribution in [0.25, 0.3) is 22.5 Å². The third kappa shape index (κ3) is 6.47. The van der Waals surface area contributed by atoms with Crippen molar-refractivity contribution in [3.8, 4) is 22.5 Å². The molecule has 0 saturated carbocycles. The van der Waals surface area contributed by atoms with E-state index in [9.17, 15) is 18.0 Å². The van der Waals surface area contributed by atoms with Crippen molar-refractivity contribution in [2.24, 2.45) is 0 Å². The average Bonchev–Trinajstić information content (AvgIpc) is 2.83. The van der Waals surface area contributed by atoms with E-state index >= 15 is 0 Å². The van der Waals surface area contributed by atoms with Gasteiger partial charge in [0, 0.05) is 20.1 Å². The van der Waals surface area contributed by atoms with Gasteiger partial charge in [0.1, 0.15) is 11.4 Å². The van der Waals surface area contributed by atoms with E-state index in [1.54, 1.807) is 0 Å². The molecule has 0 spiro atoms. The summed E-state index contributed by atoms with van der Waals surface area (Å²) in [4.78, 5) is 17.0. The van der Waals surface area contributed by atoms with Gasteiger partial charge in [-0.2, -0.15) is 13.2 Å². The van der Waals surface area contributed by atoms with Gasteiger partial charge in [-0.1, -0.05) is 80.0 Å². The number of hydrogen-bond acceptors (Lipinski definition) is 5. The zero-order valence-electron chi connectivity index (χ0n) is 17.7. The van der Waals surface area contributed by atoms with E-state index in [0.717, 1.165) is 37.9 Å². The van der Waals surface area contributed by atoms with Gasteiger partial charge in [-0.25, -0.2) is 4.98 Å². The minimum absolute atomic E-state index is 0.189. The van der Waals surface area contributed by atoms with Gasteiger partial charge < -0.3 is 5.32 Å². The maximum Gasteiger partial charge on any atom is 0.418 e. The maximum absolute atomic E-state index is 13.2. The van der Waals surface area contributed by atoms with Gasteiger partial charge in [0.05, 0.1) is 17.0 Å². The predicted molar refractivity (Wildman–Crippen MR) is 137 cm³/mol. The standard InChI is InChI=1S/C24H15Br2F3N4OS/c25-16-9-5-14(6-10-16)21-22(15-7-11-17(26)12-8-15)32-33-23(31-21)35-13-20(34)30-19-4-2-1-3-18(19)24(27,28)29/h1-12H,13H2,(H,30,34). The molecule has 3 aromatic carbocycles. The minimum atomic E-state index is -4.58. The Morgan fingerprint density at radius 3 is 2.00 bits per heavy atom. The Morgan fingerprint density at radius 2 is 1.40 bits per heavy atom. The Kier molecular flexibility index (Phi) is 7.88. The first-order chi connectivity index (χ1) is 16.7. The number of halogens is 5. The van der Waals surface area contributed by atoms with E-state index < -0.39 is 17.6 Å². The SMILES string of the molecule is O=C(CSc1nnc(-c2ccc(Br)cc2)c(-c2ccc(Br)cc2)n1)Nc1ccccc1C(F)(F)F. The predicted octanol–water partition coefficient (Wildman–Crippen LogP) is 7.48. The van der Waals surface area contributed by atoms with E-state index in [1.807, 2.05) is 48.5 Å². The van der Waals surface area contributed by atoms with Crippen molar-refractivity contribution in [3.63, 3.8) is 0 Å². The molecule has 4 rings (SSSR count). The number of amides is 1. The van der Waals surface area contributed by atoms with E-state index in [4.69, 9.17) is 0 Å². The van der Waals surface area contributed by atoms with Gasteiger partial charge >= 0.3 is 6.18 Å². The minimum Gasteiger partial charge on any atom is -0.325 e. The first-order valence-electron chi connectivity index (χ1n) is 10.1. The lowest BCUT2D eigenvalue weighted by molar-refractivity contribution is -0.137. The third-order valence-electron chi connectivity index (χ3n) is 4.74. The first kappa shape index (κ1) is 25.3. The smallest absolute Gasteiger partial charge is 0.325 e. The number of thioether (sulfide) groups is 1. The molecule has 0 saturated heterocycles. The van der Waals surface area contributed by atoms with E-state index in [0.29, 0.717) is 11.4 Å². The summed E-state index contributed by atoms with van der Waals surface area (Å²) in [6, 6.07) is 19.9. The largest absolute Gasteiger partial charge is 0.418 e. The quantitative estimate of drug-likeness (QED) is 0.226. The molecule has 0 radical (unpaired) electrons. The van der Waals surface area contributed by atoms with Crippen molar-refractivity contribution >= 4 is 55.2 Å². The molecule has 1 N–H and O–H groups in total. The van der Waals surface area contributed by atoms with Crippen LogP contribution in [0.4, 0.5) is 18.9 Å². The summed E-state index contributed by atoms with van der Waals surface area (Å²) in [7, 11) is 0. The highest BCUT2D eigenvalue weighted by molar-refractivity contribution is 9.10. The van der Waals surface area contributed by atoms with Gasteiger partial charge in [-0.3, -0.25) is 4.79 Å². The number of nitrogens with zero attached hydrogens (tertiary/aromatic N) is 3. The summed E-state index contributed by atoms with van der Waals surface area (Å²) in [5.41, 5.74) is 1.53. The topological polar surface area (TPSA) is 67.8 Å². The number of para-hydroxylation sites is 1. The van der Waals surface area contributed by atoms with Crippen molar-refractivity contribution in [1.29, 1.82) is 0 Å². The van der Waals surface area contributed by atoms with Crippen LogP contribution in [-0.4, -0.2) is 26.8 Å². The van der Waals surface area contributed by atoms with Crippen molar-refractivity contribution in [1.82, 2.24) is 15.2 Å². The van der Waals surface area contributed by atoms with Crippen LogP contribution in [0.3, 0.4) is 0 Å². The summed E-state index contributed by atoms with van der Waals surface area (Å²) in [5, 5.41) is 11.0. The molecular formula is C24H15Br2F3N4OS. The number of aromatic nitrogens is 3. The van der Waals surface area contributed by atoms with Crippen LogP contribution >= 0.6 is 43.6 Å². The van der Waals surface area contributed by atoms with Crippen LogP contribution in [0.5, 0.6) is 0 Å². The summed E-state index contributed by atoms with van der Waals surface area (Å²) < 4.78 is 41.4. The first-order valence-corrected chi connectivity index (χ1v) is 12.6. The second kappa shape index (κ2) is 10.9. The summed E-state index contributed by atoms with van der Waals surface area (Å²) in [5.74, 6) is -0.803. The van der Waals surface area contributed by atoms with Gasteiger partial charge in [-0.05, 0) is 36.4 Å². The molecule has 0 aliphatic carbocycles. The highest BCUT2D eigenvalue weighted by Gasteiger charge is 2.33. The van der Waals surface area contributed by atoms with Crippen molar-refractivity contribution in [2.75, 3.05) is 11.1 Å². The number of hydrogen-bond donors (Lipinski definition) is 1. The summed E-state index contributed by atoms with van der Waals surface area (Å²) in [6.07, 6.45) is -4.58. The second-order valence-electron chi connectivity index (χ2n) is 7.19. The molecule has 0 aliphatic heterocycles. The van der Waals surface area contributed by atoms with Gasteiger partial charge in [0.15, 0.2) is 0 Å². The molecule has 35 heavy (non-hydrogen) atoms. The van der Waals surface area contributed by atoms with Crippen LogP contribution in [0, 0.1) is 0 Å². The molecule has 0 atom stereocenters. The number of rotatable bonds is 6. The summed E-state index contributed by atoms with van der Waals surface area (Å²) >= 11 is 7.81. The van der Waals surface area contributed by atoms with Gasteiger partial charge in [-0.15, -0.1) is 10.2 Å². The lowest BCUT2D eigenvalue weighted by atomic mass is 10.0. The van der Waals surface area contributed by atoms with E-state index in [-0.39, 0.29) is 16.6 Å². The van der Waals surface area contributed by atoms with Crippen molar-refractivity contribution in [3.05, 3.63) is 87.3 Å². The van der Waals surface area contributed by atoms with Crippen molar-refractivity contribution < 1.29 is 18.0 Å². The van der Waals surface area contributed by atoms with Crippen LogP contribution in [-0.2, 0) is 11.0 Å². The summed E-state index contributed by atoms with van der Waals surface area (Å²) in [6.45, 7) is 0. The number of carbonyl (C=O) groups is 1. The molecule has 4 aromatic rings. The maximum atomic E-state index is 13.2. The van der Waals surface area contributed by atoms with Crippen LogP contribution in [0.1, 0.15) is 5.56 Å². The number of anilines is 1. The number of carbonyl (C=O) groups excluding carboxylic acids is 1. The van der Waals surface area contributed by atoms with Crippen LogP contribution in [0.15, 0.2) is 86.9 Å². The Morgan fingerprint density at radius 1 is 0.829 bits per heavy atom. The fraction of sp³-hybridized carbons (Fsp3) is 0.0833. The zero-order valence-corrected chi connectivity index (χ0v) is 21.7. The Balaban J connectivity index is 1.57. The Hall–Kier alpha value is -2.76. The second-order valence-corrected chi connectivity index (χ2v) is 9.96. The number of benzene rings is 3. The lowest BCUT2D eigenvalue weighted by Gasteiger charge is -2.13. The molecule has 0 fully saturated rings. The molecule has 1 amide bonds. The molecule has 5 nitrogen and oxygen atoms in total. The molecule has 0 unspecified atom stereocenters. The number of alkyl halides is 3. The fourth-order valence-electron chi connectivity index (χ4n) is 3.14. The normalized spacial score (nSPS) is 11.3. The van der Waals surface area contributed by atoms with Gasteiger partial charge in [0.25, 0.3) is 0 Å². The number of nitrogens with one attached hydrogen (secondary N) is 1. The van der Waals surface area contributed by atoms with Gasteiger partial charge in [0.2, 0.25) is 11.1 Å². The monoisotopic (exact) mass is 622 g/mol. The average molecular weight is 624 g/mol. The van der Waals surface area contributed by atoms with Crippen LogP contribution < -0.4 is 5.32 Å². The molecular weight excluding hydrogens is 609 g/mol. The highest BCUT2D eigenvalue weighted by atomic mass is 79.9. The molecule has 0 bridgehead atoms. The Bertz CT molecular complexity index is 1350. The molecule has 178 valence electrons. The van der Waals surface area contributed by atoms with Crippen LogP contribution in [0.2, 0.25) is 0 Å². The molecule has 0 aliphatic rings. The Labute approximate surface area is 219 Å². The highest BCUT2D eigenvalue weighted by Crippen LogP contribution is 2.35. The van der Waals surface area contributed by atoms with E-state index in [1.165, 1.54) is 18.2 Å². The fourth-order valence-corrected chi connectivity index (χ4v) is 4.25. The zero-order chi connectivity index (χ0) is 25.0.